The van der Waals surface area contributed by atoms with Crippen LogP contribution in [0.4, 0.5) is 0 Å². The van der Waals surface area contributed by atoms with Crippen molar-refractivity contribution in [2.45, 2.75) is 56.4 Å². The van der Waals surface area contributed by atoms with Crippen LogP contribution in [0.25, 0.3) is 11.3 Å². The molecule has 27 heavy (non-hydrogen) atoms. The fourth-order valence-electron chi connectivity index (χ4n) is 3.92. The second-order valence-electron chi connectivity index (χ2n) is 7.54. The SMILES string of the molecule is COc1ccc(-c2cc(C3(C(=O)NC4CCCCC4)CC3)no2)cc1OC. The molecule has 0 radical (unpaired) electrons. The summed E-state index contributed by atoms with van der Waals surface area (Å²) in [6.07, 6.45) is 7.48. The van der Waals surface area contributed by atoms with Gasteiger partial charge in [-0.1, -0.05) is 24.4 Å². The van der Waals surface area contributed by atoms with E-state index in [1.165, 1.54) is 19.3 Å². The molecule has 6 nitrogen and oxygen atoms in total. The van der Waals surface area contributed by atoms with Crippen LogP contribution in [-0.4, -0.2) is 31.3 Å². The molecule has 0 saturated heterocycles. The van der Waals surface area contributed by atoms with E-state index in [2.05, 4.69) is 10.5 Å². The molecular formula is C21H26N2O4. The van der Waals surface area contributed by atoms with Crippen molar-refractivity contribution in [3.63, 3.8) is 0 Å². The van der Waals surface area contributed by atoms with E-state index in [0.717, 1.165) is 36.9 Å². The molecule has 2 saturated carbocycles. The first-order valence-corrected chi connectivity index (χ1v) is 9.67. The van der Waals surface area contributed by atoms with E-state index >= 15 is 0 Å². The largest absolute Gasteiger partial charge is 0.493 e. The Morgan fingerprint density at radius 2 is 1.85 bits per heavy atom. The van der Waals surface area contributed by atoms with Crippen LogP contribution < -0.4 is 14.8 Å². The van der Waals surface area contributed by atoms with Crippen molar-refractivity contribution in [2.75, 3.05) is 14.2 Å². The lowest BCUT2D eigenvalue weighted by molar-refractivity contribution is -0.124. The van der Waals surface area contributed by atoms with Gasteiger partial charge in [0.2, 0.25) is 5.91 Å². The standard InChI is InChI=1S/C21H26N2O4/c1-25-16-9-8-14(12-18(16)26-2)17-13-19(23-27-17)21(10-11-21)20(24)22-15-6-4-3-5-7-15/h8-9,12-13,15H,3-7,10-11H2,1-2H3,(H,22,24). The van der Waals surface area contributed by atoms with Gasteiger partial charge in [-0.25, -0.2) is 0 Å². The average molecular weight is 370 g/mol. The molecule has 2 aromatic rings. The van der Waals surface area contributed by atoms with Gasteiger partial charge in [0.15, 0.2) is 17.3 Å². The molecular weight excluding hydrogens is 344 g/mol. The van der Waals surface area contributed by atoms with Crippen molar-refractivity contribution in [2.24, 2.45) is 0 Å². The number of aromatic nitrogens is 1. The molecule has 2 aliphatic rings. The second kappa shape index (κ2) is 7.25. The van der Waals surface area contributed by atoms with Crippen LogP contribution in [0.3, 0.4) is 0 Å². The van der Waals surface area contributed by atoms with E-state index in [4.69, 9.17) is 14.0 Å². The van der Waals surface area contributed by atoms with Gasteiger partial charge in [-0.2, -0.15) is 0 Å². The molecule has 0 spiro atoms. The number of amides is 1. The normalized spacial score (nSPS) is 18.7. The van der Waals surface area contributed by atoms with Gasteiger partial charge in [0, 0.05) is 17.7 Å². The van der Waals surface area contributed by atoms with Gasteiger partial charge in [0.25, 0.3) is 0 Å². The molecule has 2 fully saturated rings. The smallest absolute Gasteiger partial charge is 0.232 e. The third-order valence-electron chi connectivity index (χ3n) is 5.79. The molecule has 0 bridgehead atoms. The van der Waals surface area contributed by atoms with Gasteiger partial charge in [0.05, 0.1) is 25.3 Å². The fourth-order valence-corrected chi connectivity index (χ4v) is 3.92. The summed E-state index contributed by atoms with van der Waals surface area (Å²) >= 11 is 0. The van der Waals surface area contributed by atoms with Crippen LogP contribution in [0.5, 0.6) is 11.5 Å². The van der Waals surface area contributed by atoms with Gasteiger partial charge in [-0.05, 0) is 43.9 Å². The van der Waals surface area contributed by atoms with E-state index in [9.17, 15) is 4.79 Å². The molecule has 0 aliphatic heterocycles. The lowest BCUT2D eigenvalue weighted by Crippen LogP contribution is -2.42. The minimum absolute atomic E-state index is 0.0987. The number of carbonyl (C=O) groups is 1. The van der Waals surface area contributed by atoms with Crippen LogP contribution in [0.2, 0.25) is 0 Å². The number of hydrogen-bond donors (Lipinski definition) is 1. The Morgan fingerprint density at radius 3 is 2.52 bits per heavy atom. The summed E-state index contributed by atoms with van der Waals surface area (Å²) in [6.45, 7) is 0. The molecule has 4 rings (SSSR count). The Morgan fingerprint density at radius 1 is 1.11 bits per heavy atom. The average Bonchev–Trinajstić information content (AvgIpc) is 3.38. The highest BCUT2D eigenvalue weighted by Gasteiger charge is 2.54. The first-order valence-electron chi connectivity index (χ1n) is 9.67. The summed E-state index contributed by atoms with van der Waals surface area (Å²) in [4.78, 5) is 12.9. The minimum Gasteiger partial charge on any atom is -0.493 e. The van der Waals surface area contributed by atoms with Crippen LogP contribution in [0.1, 0.15) is 50.6 Å². The summed E-state index contributed by atoms with van der Waals surface area (Å²) in [6, 6.07) is 7.77. The van der Waals surface area contributed by atoms with Gasteiger partial charge in [-0.3, -0.25) is 4.79 Å². The second-order valence-corrected chi connectivity index (χ2v) is 7.54. The number of hydrogen-bond acceptors (Lipinski definition) is 5. The van der Waals surface area contributed by atoms with Crippen molar-refractivity contribution in [1.82, 2.24) is 10.5 Å². The lowest BCUT2D eigenvalue weighted by Gasteiger charge is -2.24. The molecule has 0 atom stereocenters. The van der Waals surface area contributed by atoms with E-state index in [-0.39, 0.29) is 5.91 Å². The minimum atomic E-state index is -0.518. The van der Waals surface area contributed by atoms with Crippen LogP contribution in [0, 0.1) is 0 Å². The molecule has 144 valence electrons. The molecule has 1 N–H and O–H groups in total. The predicted molar refractivity (Wildman–Crippen MR) is 101 cm³/mol. The van der Waals surface area contributed by atoms with E-state index < -0.39 is 5.41 Å². The van der Waals surface area contributed by atoms with Crippen molar-refractivity contribution < 1.29 is 18.8 Å². The van der Waals surface area contributed by atoms with Crippen LogP contribution in [-0.2, 0) is 10.2 Å². The van der Waals surface area contributed by atoms with Crippen molar-refractivity contribution in [1.29, 1.82) is 0 Å². The highest BCUT2D eigenvalue weighted by Crippen LogP contribution is 2.49. The molecule has 0 unspecified atom stereocenters. The molecule has 1 aromatic heterocycles. The predicted octanol–water partition coefficient (Wildman–Crippen LogP) is 3.84. The van der Waals surface area contributed by atoms with Gasteiger partial charge in [-0.15, -0.1) is 0 Å². The van der Waals surface area contributed by atoms with E-state index in [1.54, 1.807) is 14.2 Å². The number of rotatable bonds is 6. The van der Waals surface area contributed by atoms with Gasteiger partial charge >= 0.3 is 0 Å². The monoisotopic (exact) mass is 370 g/mol. The van der Waals surface area contributed by atoms with Crippen LogP contribution >= 0.6 is 0 Å². The summed E-state index contributed by atoms with van der Waals surface area (Å²) in [7, 11) is 3.20. The van der Waals surface area contributed by atoms with Gasteiger partial charge < -0.3 is 19.3 Å². The first kappa shape index (κ1) is 17.9. The molecule has 1 aromatic carbocycles. The Kier molecular flexibility index (Phi) is 4.81. The summed E-state index contributed by atoms with van der Waals surface area (Å²) < 4.78 is 16.2. The Balaban J connectivity index is 1.52. The van der Waals surface area contributed by atoms with Crippen molar-refractivity contribution in [3.05, 3.63) is 30.0 Å². The maximum Gasteiger partial charge on any atom is 0.232 e. The highest BCUT2D eigenvalue weighted by molar-refractivity contribution is 5.91. The zero-order valence-corrected chi connectivity index (χ0v) is 15.9. The number of nitrogens with zero attached hydrogens (tertiary/aromatic N) is 1. The van der Waals surface area contributed by atoms with Crippen LogP contribution in [0.15, 0.2) is 28.8 Å². The molecule has 2 aliphatic carbocycles. The third kappa shape index (κ3) is 3.40. The topological polar surface area (TPSA) is 73.6 Å². The number of ether oxygens (including phenoxy) is 2. The third-order valence-corrected chi connectivity index (χ3v) is 5.79. The highest BCUT2D eigenvalue weighted by atomic mass is 16.5. The zero-order valence-electron chi connectivity index (χ0n) is 15.9. The first-order chi connectivity index (χ1) is 13.2. The van der Waals surface area contributed by atoms with Gasteiger partial charge in [0.1, 0.15) is 0 Å². The number of nitrogens with one attached hydrogen (secondary N) is 1. The Hall–Kier alpha value is -2.50. The Labute approximate surface area is 159 Å². The molecule has 1 amide bonds. The number of carbonyl (C=O) groups excluding carboxylic acids is 1. The molecule has 1 heterocycles. The summed E-state index contributed by atoms with van der Waals surface area (Å²) in [5, 5.41) is 7.48. The Bertz CT molecular complexity index is 819. The van der Waals surface area contributed by atoms with E-state index in [1.807, 2.05) is 24.3 Å². The van der Waals surface area contributed by atoms with Crippen molar-refractivity contribution in [3.8, 4) is 22.8 Å². The fraction of sp³-hybridized carbons (Fsp3) is 0.524. The van der Waals surface area contributed by atoms with E-state index in [0.29, 0.717) is 23.3 Å². The quantitative estimate of drug-likeness (QED) is 0.836. The summed E-state index contributed by atoms with van der Waals surface area (Å²) in [5.41, 5.74) is 1.05. The number of benzene rings is 1. The lowest BCUT2D eigenvalue weighted by atomic mass is 9.93. The maximum absolute atomic E-state index is 12.9. The zero-order chi connectivity index (χ0) is 18.9. The maximum atomic E-state index is 12.9. The number of methoxy groups -OCH3 is 2. The van der Waals surface area contributed by atoms with Crippen molar-refractivity contribution >= 4 is 5.91 Å². The molecule has 6 heteroatoms. The summed E-state index contributed by atoms with van der Waals surface area (Å²) in [5.74, 6) is 2.01.